The van der Waals surface area contributed by atoms with Gasteiger partial charge in [0.1, 0.15) is 5.49 Å². The van der Waals surface area contributed by atoms with E-state index in [1.165, 1.54) is 50.1 Å². The fraction of sp³-hybridized carbons (Fsp3) is 0.377. The van der Waals surface area contributed by atoms with Crippen LogP contribution >= 0.6 is 0 Å². The molecule has 0 bridgehead atoms. The molecule has 4 nitrogen and oxygen atoms in total. The lowest BCUT2D eigenvalue weighted by Crippen LogP contribution is -2.18. The van der Waals surface area contributed by atoms with Gasteiger partial charge in [0, 0.05) is 11.9 Å². The number of nitrogens with one attached hydrogen (secondary N) is 1. The molecule has 3 heterocycles. The molecular formula is C53H64N4. The van der Waals surface area contributed by atoms with Crippen molar-refractivity contribution in [2.75, 3.05) is 0 Å². The highest BCUT2D eigenvalue weighted by molar-refractivity contribution is 5.78. The molecule has 0 atom stereocenters. The molecular weight excluding hydrogens is 693 g/mol. The summed E-state index contributed by atoms with van der Waals surface area (Å²) in [6.07, 6.45) is 1.93. The number of benzene rings is 3. The first-order valence-corrected chi connectivity index (χ1v) is 21.0. The van der Waals surface area contributed by atoms with Crippen LogP contribution in [0, 0.1) is 0 Å². The molecule has 0 fully saturated rings. The summed E-state index contributed by atoms with van der Waals surface area (Å²) >= 11 is 0. The molecule has 3 aromatic heterocycles. The Morgan fingerprint density at radius 2 is 0.965 bits per heavy atom. The number of H-pyrrole nitrogens is 1. The number of pyridine rings is 3. The summed E-state index contributed by atoms with van der Waals surface area (Å²) in [6.45, 7) is 31.8. The minimum Gasteiger partial charge on any atom is -0.340 e. The highest BCUT2D eigenvalue weighted by Gasteiger charge is 2.21. The van der Waals surface area contributed by atoms with E-state index in [-0.39, 0.29) is 10.8 Å². The number of rotatable bonds is 9. The van der Waals surface area contributed by atoms with Gasteiger partial charge in [-0.1, -0.05) is 152 Å². The fourth-order valence-electron chi connectivity index (χ4n) is 7.80. The second-order valence-corrected chi connectivity index (χ2v) is 19.1. The maximum atomic E-state index is 5.28. The molecule has 0 saturated heterocycles. The summed E-state index contributed by atoms with van der Waals surface area (Å²) in [6, 6.07) is 35.6. The molecule has 0 aliphatic rings. The van der Waals surface area contributed by atoms with Gasteiger partial charge in [-0.05, 0) is 138 Å². The van der Waals surface area contributed by atoms with Crippen LogP contribution < -0.4 is 5.49 Å². The summed E-state index contributed by atoms with van der Waals surface area (Å²) in [5, 5.41) is 0. The van der Waals surface area contributed by atoms with Gasteiger partial charge in [0.15, 0.2) is 5.82 Å². The second-order valence-electron chi connectivity index (χ2n) is 19.1. The van der Waals surface area contributed by atoms with E-state index < -0.39 is 0 Å². The molecule has 1 N–H and O–H groups in total. The van der Waals surface area contributed by atoms with Crippen LogP contribution in [-0.2, 0) is 10.8 Å². The zero-order chi connectivity index (χ0) is 41.4. The van der Waals surface area contributed by atoms with Crippen molar-refractivity contribution < 1.29 is 0 Å². The van der Waals surface area contributed by atoms with Gasteiger partial charge in [-0.25, -0.2) is 9.98 Å². The third-order valence-electron chi connectivity index (χ3n) is 11.2. The van der Waals surface area contributed by atoms with Crippen molar-refractivity contribution in [3.63, 3.8) is 0 Å². The first-order valence-electron chi connectivity index (χ1n) is 21.0. The molecule has 0 aliphatic heterocycles. The average molecular weight is 757 g/mol. The molecule has 3 aromatic carbocycles. The molecule has 296 valence electrons. The fourth-order valence-corrected chi connectivity index (χ4v) is 7.80. The summed E-state index contributed by atoms with van der Waals surface area (Å²) in [5.41, 5.74) is 17.3. The number of hydrogen-bond acceptors (Lipinski definition) is 3. The Bertz CT molecular complexity index is 2390. The third-order valence-corrected chi connectivity index (χ3v) is 11.2. The Labute approximate surface area is 343 Å². The highest BCUT2D eigenvalue weighted by atomic mass is 15.0. The standard InChI is InChI=1S/C53H64N4/c1-32(2)41-20-16-21-42(33(3)4)50(41)37-19-15-18-36(26-37)45-28-39(52(9,10)11)30-48(55-45)57-49-31-40(53(12,13)14)29-47(56-49)46-27-38(24-25-54-46)51-43(34(5)6)22-17-23-44(51)35(7)8/h15-35H,1-14H3,(H,55,56,57). The number of aromatic nitrogens is 3. The molecule has 0 amide bonds. The van der Waals surface area contributed by atoms with Gasteiger partial charge in [0.05, 0.1) is 11.4 Å². The van der Waals surface area contributed by atoms with Crippen LogP contribution in [0.3, 0.4) is 0 Å². The largest absolute Gasteiger partial charge is 0.340 e. The van der Waals surface area contributed by atoms with Gasteiger partial charge >= 0.3 is 0 Å². The Morgan fingerprint density at radius 3 is 1.47 bits per heavy atom. The molecule has 4 heteroatoms. The molecule has 0 spiro atoms. The van der Waals surface area contributed by atoms with Crippen molar-refractivity contribution in [1.82, 2.24) is 15.0 Å². The van der Waals surface area contributed by atoms with E-state index in [2.05, 4.69) is 199 Å². The van der Waals surface area contributed by atoms with Crippen LogP contribution in [0.25, 0.3) is 44.9 Å². The summed E-state index contributed by atoms with van der Waals surface area (Å²) < 4.78 is 0. The van der Waals surface area contributed by atoms with Crippen LogP contribution in [0.1, 0.15) is 154 Å². The van der Waals surface area contributed by atoms with Crippen LogP contribution in [0.4, 0.5) is 5.82 Å². The smallest absolute Gasteiger partial charge is 0.155 e. The molecule has 57 heavy (non-hydrogen) atoms. The van der Waals surface area contributed by atoms with E-state index in [0.29, 0.717) is 29.5 Å². The van der Waals surface area contributed by atoms with E-state index in [1.807, 2.05) is 6.20 Å². The monoisotopic (exact) mass is 757 g/mol. The maximum absolute atomic E-state index is 5.28. The number of hydrogen-bond donors (Lipinski definition) is 1. The van der Waals surface area contributed by atoms with E-state index in [9.17, 15) is 0 Å². The SMILES string of the molecule is CC(C)c1cccc(C(C)C)c1-c1cccc(-c2cc(C(C)(C)C)cc(=Nc3cc(C(C)(C)C)cc(-c4cc(-c5c(C(C)C)cccc5C(C)C)ccn4)n3)[nH]2)c1. The summed E-state index contributed by atoms with van der Waals surface area (Å²) in [4.78, 5) is 19.1. The lowest BCUT2D eigenvalue weighted by molar-refractivity contribution is 0.588. The molecule has 0 radical (unpaired) electrons. The van der Waals surface area contributed by atoms with Crippen molar-refractivity contribution in [3.05, 3.63) is 142 Å². The molecule has 6 rings (SSSR count). The van der Waals surface area contributed by atoms with Crippen LogP contribution in [0.5, 0.6) is 0 Å². The van der Waals surface area contributed by atoms with Crippen molar-refractivity contribution in [1.29, 1.82) is 0 Å². The topological polar surface area (TPSA) is 53.9 Å². The summed E-state index contributed by atoms with van der Waals surface area (Å²) in [7, 11) is 0. The predicted octanol–water partition coefficient (Wildman–Crippen LogP) is 14.8. The number of aromatic amines is 1. The first kappa shape index (κ1) is 41.5. The van der Waals surface area contributed by atoms with Gasteiger partial charge in [-0.3, -0.25) is 4.98 Å². The Kier molecular flexibility index (Phi) is 12.0. The zero-order valence-corrected chi connectivity index (χ0v) is 37.0. The van der Waals surface area contributed by atoms with Crippen molar-refractivity contribution in [2.45, 2.75) is 131 Å². The van der Waals surface area contributed by atoms with Crippen LogP contribution in [0.15, 0.2) is 108 Å². The van der Waals surface area contributed by atoms with E-state index >= 15 is 0 Å². The van der Waals surface area contributed by atoms with Crippen molar-refractivity contribution in [3.8, 4) is 44.9 Å². The van der Waals surface area contributed by atoms with E-state index in [0.717, 1.165) is 33.7 Å². The molecule has 0 unspecified atom stereocenters. The van der Waals surface area contributed by atoms with E-state index in [4.69, 9.17) is 15.0 Å². The van der Waals surface area contributed by atoms with Gasteiger partial charge in [-0.15, -0.1) is 0 Å². The van der Waals surface area contributed by atoms with Crippen LogP contribution in [-0.4, -0.2) is 15.0 Å². The van der Waals surface area contributed by atoms with Crippen molar-refractivity contribution in [2.24, 2.45) is 4.99 Å². The average Bonchev–Trinajstić information content (AvgIpc) is 3.16. The molecule has 6 aromatic rings. The lowest BCUT2D eigenvalue weighted by Gasteiger charge is -2.22. The highest BCUT2D eigenvalue weighted by Crippen LogP contribution is 2.40. The first-order chi connectivity index (χ1) is 26.8. The molecule has 0 saturated carbocycles. The van der Waals surface area contributed by atoms with Gasteiger partial charge in [-0.2, -0.15) is 0 Å². The zero-order valence-electron chi connectivity index (χ0n) is 37.0. The van der Waals surface area contributed by atoms with Crippen LogP contribution in [0.2, 0.25) is 0 Å². The summed E-state index contributed by atoms with van der Waals surface area (Å²) in [5.74, 6) is 2.27. The predicted molar refractivity (Wildman–Crippen MR) is 244 cm³/mol. The minimum absolute atomic E-state index is 0.0991. The quantitative estimate of drug-likeness (QED) is 0.160. The minimum atomic E-state index is -0.127. The Hall–Kier alpha value is -5.09. The van der Waals surface area contributed by atoms with Gasteiger partial charge < -0.3 is 4.98 Å². The van der Waals surface area contributed by atoms with E-state index in [1.54, 1.807) is 0 Å². The van der Waals surface area contributed by atoms with Gasteiger partial charge in [0.25, 0.3) is 0 Å². The van der Waals surface area contributed by atoms with Crippen molar-refractivity contribution >= 4 is 5.82 Å². The molecule has 0 aliphatic carbocycles. The Morgan fingerprint density at radius 1 is 0.491 bits per heavy atom. The normalized spacial score (nSPS) is 12.8. The van der Waals surface area contributed by atoms with Gasteiger partial charge in [0.2, 0.25) is 0 Å². The number of nitrogens with zero attached hydrogens (tertiary/aromatic N) is 3. The maximum Gasteiger partial charge on any atom is 0.155 e. The second kappa shape index (κ2) is 16.4. The third kappa shape index (κ3) is 9.22. The Balaban J connectivity index is 1.52. The lowest BCUT2D eigenvalue weighted by atomic mass is 9.84.